The van der Waals surface area contributed by atoms with Gasteiger partial charge in [-0.15, -0.1) is 0 Å². The second-order valence-electron chi connectivity index (χ2n) is 5.55. The number of hydrogen-bond donors (Lipinski definition) is 0. The smallest absolute Gasteiger partial charge is 0.0743 e. The molecule has 0 N–H and O–H groups in total. The summed E-state index contributed by atoms with van der Waals surface area (Å²) in [6.07, 6.45) is 1.27. The molecule has 0 aliphatic carbocycles. The Morgan fingerprint density at radius 1 is 1.05 bits per heavy atom. The third kappa shape index (κ3) is 4.40. The highest BCUT2D eigenvalue weighted by atomic mass is 79.9. The molecule has 21 heavy (non-hydrogen) atoms. The van der Waals surface area contributed by atoms with Crippen LogP contribution in [0.25, 0.3) is 0 Å². The summed E-state index contributed by atoms with van der Waals surface area (Å²) >= 11 is 3.53. The molecule has 3 heteroatoms. The van der Waals surface area contributed by atoms with Crippen molar-refractivity contribution in [2.24, 2.45) is 0 Å². The van der Waals surface area contributed by atoms with Gasteiger partial charge in [-0.05, 0) is 29.7 Å². The molecule has 1 atom stereocenters. The first-order valence-corrected chi connectivity index (χ1v) is 8.21. The standard InChI is InChI=1S/C18H20BrNO/c19-17-8-4-7-16(11-17)12-18-14-20(9-10-21-18)13-15-5-2-1-3-6-15/h1-8,11,18H,9-10,12-14H2. The molecule has 1 fully saturated rings. The molecule has 2 nitrogen and oxygen atoms in total. The first-order valence-electron chi connectivity index (χ1n) is 7.42. The third-order valence-corrected chi connectivity index (χ3v) is 4.32. The van der Waals surface area contributed by atoms with Crippen molar-refractivity contribution < 1.29 is 4.74 Å². The molecule has 1 saturated heterocycles. The van der Waals surface area contributed by atoms with E-state index in [0.29, 0.717) is 0 Å². The highest BCUT2D eigenvalue weighted by Gasteiger charge is 2.20. The minimum Gasteiger partial charge on any atom is -0.375 e. The summed E-state index contributed by atoms with van der Waals surface area (Å²) in [6, 6.07) is 19.2. The van der Waals surface area contributed by atoms with Gasteiger partial charge in [0.2, 0.25) is 0 Å². The van der Waals surface area contributed by atoms with Crippen molar-refractivity contribution in [1.82, 2.24) is 4.90 Å². The molecule has 0 saturated carbocycles. The average Bonchev–Trinajstić information content (AvgIpc) is 2.49. The highest BCUT2D eigenvalue weighted by Crippen LogP contribution is 2.17. The van der Waals surface area contributed by atoms with Crippen molar-refractivity contribution in [3.8, 4) is 0 Å². The first kappa shape index (κ1) is 14.8. The number of nitrogens with zero attached hydrogens (tertiary/aromatic N) is 1. The average molecular weight is 346 g/mol. The summed E-state index contributed by atoms with van der Waals surface area (Å²) < 4.78 is 7.07. The SMILES string of the molecule is Brc1cccc(CC2CN(Cc3ccccc3)CCO2)c1. The lowest BCUT2D eigenvalue weighted by Crippen LogP contribution is -2.42. The van der Waals surface area contributed by atoms with Gasteiger partial charge in [0.1, 0.15) is 0 Å². The van der Waals surface area contributed by atoms with E-state index in [1.54, 1.807) is 0 Å². The van der Waals surface area contributed by atoms with Gasteiger partial charge in [-0.25, -0.2) is 0 Å². The second kappa shape index (κ2) is 7.21. The fraction of sp³-hybridized carbons (Fsp3) is 0.333. The fourth-order valence-corrected chi connectivity index (χ4v) is 3.26. The second-order valence-corrected chi connectivity index (χ2v) is 6.46. The number of hydrogen-bond acceptors (Lipinski definition) is 2. The molecule has 0 bridgehead atoms. The Hall–Kier alpha value is -1.16. The zero-order valence-corrected chi connectivity index (χ0v) is 13.6. The summed E-state index contributed by atoms with van der Waals surface area (Å²) in [4.78, 5) is 2.49. The minimum absolute atomic E-state index is 0.289. The largest absolute Gasteiger partial charge is 0.375 e. The van der Waals surface area contributed by atoms with Gasteiger partial charge in [0.25, 0.3) is 0 Å². The van der Waals surface area contributed by atoms with Gasteiger partial charge in [-0.1, -0.05) is 58.4 Å². The van der Waals surface area contributed by atoms with E-state index in [0.717, 1.165) is 37.1 Å². The van der Waals surface area contributed by atoms with Gasteiger partial charge in [0.15, 0.2) is 0 Å². The molecule has 0 radical (unpaired) electrons. The molecule has 110 valence electrons. The first-order chi connectivity index (χ1) is 10.3. The molecule has 1 heterocycles. The van der Waals surface area contributed by atoms with Crippen molar-refractivity contribution in [3.63, 3.8) is 0 Å². The van der Waals surface area contributed by atoms with Crippen LogP contribution in [0.2, 0.25) is 0 Å². The summed E-state index contributed by atoms with van der Waals surface area (Å²) in [5.41, 5.74) is 2.71. The van der Waals surface area contributed by atoms with Crippen molar-refractivity contribution in [2.75, 3.05) is 19.7 Å². The molecule has 3 rings (SSSR count). The van der Waals surface area contributed by atoms with Crippen LogP contribution >= 0.6 is 15.9 Å². The molecule has 2 aromatic rings. The number of ether oxygens (including phenoxy) is 1. The maximum Gasteiger partial charge on any atom is 0.0743 e. The zero-order chi connectivity index (χ0) is 14.5. The number of rotatable bonds is 4. The lowest BCUT2D eigenvalue weighted by Gasteiger charge is -2.33. The molecular weight excluding hydrogens is 326 g/mol. The van der Waals surface area contributed by atoms with Crippen molar-refractivity contribution in [1.29, 1.82) is 0 Å². The Balaban J connectivity index is 1.58. The van der Waals surface area contributed by atoms with Crippen LogP contribution < -0.4 is 0 Å². The lowest BCUT2D eigenvalue weighted by molar-refractivity contribution is -0.0305. The van der Waals surface area contributed by atoms with Crippen molar-refractivity contribution >= 4 is 15.9 Å². The van der Waals surface area contributed by atoms with Gasteiger partial charge in [0, 0.05) is 24.1 Å². The number of halogens is 1. The van der Waals surface area contributed by atoms with E-state index >= 15 is 0 Å². The summed E-state index contributed by atoms with van der Waals surface area (Å²) in [5.74, 6) is 0. The van der Waals surface area contributed by atoms with Crippen LogP contribution in [0.4, 0.5) is 0 Å². The predicted molar refractivity (Wildman–Crippen MR) is 89.3 cm³/mol. The third-order valence-electron chi connectivity index (χ3n) is 3.82. The zero-order valence-electron chi connectivity index (χ0n) is 12.0. The summed E-state index contributed by atoms with van der Waals surface area (Å²) in [6.45, 7) is 3.86. The van der Waals surface area contributed by atoms with Gasteiger partial charge in [-0.2, -0.15) is 0 Å². The van der Waals surface area contributed by atoms with E-state index in [-0.39, 0.29) is 6.10 Å². The monoisotopic (exact) mass is 345 g/mol. The normalized spacial score (nSPS) is 19.6. The Kier molecular flexibility index (Phi) is 5.07. The maximum atomic E-state index is 5.93. The summed E-state index contributed by atoms with van der Waals surface area (Å²) in [5, 5.41) is 0. The van der Waals surface area contributed by atoms with Crippen molar-refractivity contribution in [2.45, 2.75) is 19.1 Å². The van der Waals surface area contributed by atoms with E-state index in [1.807, 2.05) is 0 Å². The maximum absolute atomic E-state index is 5.93. The van der Waals surface area contributed by atoms with Crippen LogP contribution in [0, 0.1) is 0 Å². The number of morpholine rings is 1. The lowest BCUT2D eigenvalue weighted by atomic mass is 10.1. The topological polar surface area (TPSA) is 12.5 Å². The van der Waals surface area contributed by atoms with Crippen LogP contribution in [0.3, 0.4) is 0 Å². The van der Waals surface area contributed by atoms with E-state index < -0.39 is 0 Å². The molecule has 0 aromatic heterocycles. The Labute approximate surface area is 134 Å². The molecule has 1 aliphatic heterocycles. The van der Waals surface area contributed by atoms with Crippen LogP contribution in [0.1, 0.15) is 11.1 Å². The molecule has 1 aliphatic rings. The van der Waals surface area contributed by atoms with E-state index in [1.165, 1.54) is 11.1 Å². The van der Waals surface area contributed by atoms with E-state index in [2.05, 4.69) is 75.4 Å². The van der Waals surface area contributed by atoms with Crippen molar-refractivity contribution in [3.05, 3.63) is 70.2 Å². The highest BCUT2D eigenvalue weighted by molar-refractivity contribution is 9.10. The van der Waals surface area contributed by atoms with E-state index in [4.69, 9.17) is 4.74 Å². The molecular formula is C18H20BrNO. The quantitative estimate of drug-likeness (QED) is 0.833. The molecule has 2 aromatic carbocycles. The van der Waals surface area contributed by atoms with Gasteiger partial charge in [0.05, 0.1) is 12.7 Å². The Morgan fingerprint density at radius 2 is 1.86 bits per heavy atom. The fourth-order valence-electron chi connectivity index (χ4n) is 2.82. The summed E-state index contributed by atoms with van der Waals surface area (Å²) in [7, 11) is 0. The van der Waals surface area contributed by atoms with Crippen LogP contribution in [-0.2, 0) is 17.7 Å². The number of benzene rings is 2. The van der Waals surface area contributed by atoms with Gasteiger partial charge in [-0.3, -0.25) is 4.90 Å². The van der Waals surface area contributed by atoms with Crippen LogP contribution in [0.15, 0.2) is 59.1 Å². The van der Waals surface area contributed by atoms with Gasteiger partial charge >= 0.3 is 0 Å². The molecule has 0 amide bonds. The Bertz CT molecular complexity index is 572. The van der Waals surface area contributed by atoms with E-state index in [9.17, 15) is 0 Å². The molecule has 0 spiro atoms. The van der Waals surface area contributed by atoms with Crippen LogP contribution in [0.5, 0.6) is 0 Å². The van der Waals surface area contributed by atoms with Crippen LogP contribution in [-0.4, -0.2) is 30.7 Å². The predicted octanol–water partition coefficient (Wildman–Crippen LogP) is 3.89. The molecule has 1 unspecified atom stereocenters. The minimum atomic E-state index is 0.289. The Morgan fingerprint density at radius 3 is 2.67 bits per heavy atom. The van der Waals surface area contributed by atoms with Gasteiger partial charge < -0.3 is 4.74 Å².